The Bertz CT molecular complexity index is 1560. The number of hydrogen-bond donors (Lipinski definition) is 1. The van der Waals surface area contributed by atoms with Gasteiger partial charge in [-0.2, -0.15) is 0 Å². The number of methoxy groups -OCH3 is 1. The Hall–Kier alpha value is -3.80. The Morgan fingerprint density at radius 1 is 1.05 bits per heavy atom. The average molecular weight is 620 g/mol. The number of likely N-dealkylation sites (tertiary alicyclic amines) is 1. The smallest absolute Gasteiger partial charge is 0.333 e. The molecule has 0 radical (unpaired) electrons. The molecule has 11 heteroatoms. The van der Waals surface area contributed by atoms with Crippen molar-refractivity contribution < 1.29 is 23.9 Å². The molecule has 0 aliphatic carbocycles. The minimum atomic E-state index is -1.01. The van der Waals surface area contributed by atoms with Gasteiger partial charge in [0.15, 0.2) is 10.4 Å². The largest absolute Gasteiger partial charge is 0.497 e. The zero-order valence-electron chi connectivity index (χ0n) is 23.0. The van der Waals surface area contributed by atoms with Crippen molar-refractivity contribution in [3.63, 3.8) is 0 Å². The molecule has 0 spiro atoms. The fourth-order valence-electron chi connectivity index (χ4n) is 4.49. The van der Waals surface area contributed by atoms with Gasteiger partial charge >= 0.3 is 5.97 Å². The maximum atomic E-state index is 13.5. The minimum absolute atomic E-state index is 0.0319. The molecule has 2 amide bonds. The molecule has 4 aromatic rings. The number of β-lactam (4-membered cyclic amide) rings is 1. The molecule has 0 saturated carbocycles. The lowest BCUT2D eigenvalue weighted by Gasteiger charge is -2.49. The zero-order chi connectivity index (χ0) is 29.6. The number of esters is 1. The van der Waals surface area contributed by atoms with Crippen molar-refractivity contribution in [3.05, 3.63) is 102 Å². The summed E-state index contributed by atoms with van der Waals surface area (Å²) >= 11 is 1.54. The van der Waals surface area contributed by atoms with Gasteiger partial charge < -0.3 is 19.7 Å². The van der Waals surface area contributed by atoms with Crippen LogP contribution in [0.4, 0.5) is 0 Å². The van der Waals surface area contributed by atoms with Crippen LogP contribution < -0.4 is 10.1 Å². The van der Waals surface area contributed by atoms with Crippen LogP contribution in [0.25, 0.3) is 10.2 Å². The summed E-state index contributed by atoms with van der Waals surface area (Å²) in [5, 5.41) is 2.33. The summed E-state index contributed by atoms with van der Waals surface area (Å²) < 4.78 is 12.7. The van der Waals surface area contributed by atoms with Crippen molar-refractivity contribution in [1.82, 2.24) is 15.2 Å². The van der Waals surface area contributed by atoms with Gasteiger partial charge in [0.05, 0.1) is 23.7 Å². The molecule has 3 atom stereocenters. The number of fused-ring (bicyclic) bond motifs is 1. The van der Waals surface area contributed by atoms with Crippen LogP contribution in [0, 0.1) is 0 Å². The number of para-hydroxylation sites is 1. The second kappa shape index (κ2) is 13.5. The van der Waals surface area contributed by atoms with Gasteiger partial charge in [-0.15, -0.1) is 11.3 Å². The fraction of sp³-hybridized carbons (Fsp3) is 0.226. The summed E-state index contributed by atoms with van der Waals surface area (Å²) in [6.45, 7) is 5.71. The number of thiazole rings is 1. The third-order valence-electron chi connectivity index (χ3n) is 6.60. The zero-order valence-corrected chi connectivity index (χ0v) is 25.5. The first-order chi connectivity index (χ1) is 20.3. The molecule has 1 aromatic heterocycles. The first-order valence-corrected chi connectivity index (χ1v) is 16.2. The summed E-state index contributed by atoms with van der Waals surface area (Å²) in [6, 6.07) is 22.5. The summed E-state index contributed by atoms with van der Waals surface area (Å²) in [4.78, 5) is 45.9. The van der Waals surface area contributed by atoms with E-state index in [0.29, 0.717) is 11.3 Å². The van der Waals surface area contributed by atoms with Crippen molar-refractivity contribution in [3.8, 4) is 5.75 Å². The Labute approximate surface area is 255 Å². The standard InChI is InChI=1S/C31H29N3O5S3/c1-19(2)27(30(37)39-18-21-13-15-22(38-3)16-14-21)34-28(36)26(33-25(35)17-20-9-5-4-6-10-20)29(34)41-42-31-32-23-11-7-8-12-24(23)40-31/h4-16,26-27,29H,1,17-18H2,2-3H3,(H,33,35)/t26-,27?,29-/m1/s1. The SMILES string of the molecule is C=C(C)C(C(=O)OCc1ccc(OC)cc1)N1C(=O)[C@@H](NC(=O)Cc2ccccc2)[C@H]1SSc1nc2ccccc2s1. The lowest BCUT2D eigenvalue weighted by molar-refractivity contribution is -0.163. The molecule has 1 unspecified atom stereocenters. The van der Waals surface area contributed by atoms with Gasteiger partial charge in [-0.1, -0.05) is 72.0 Å². The molecule has 1 fully saturated rings. The fourth-order valence-corrected chi connectivity index (χ4v) is 8.44. The van der Waals surface area contributed by atoms with Gasteiger partial charge in [-0.25, -0.2) is 9.78 Å². The molecule has 216 valence electrons. The number of carbonyl (C=O) groups is 3. The Balaban J connectivity index is 1.32. The predicted octanol–water partition coefficient (Wildman–Crippen LogP) is 5.63. The maximum absolute atomic E-state index is 13.5. The van der Waals surface area contributed by atoms with Crippen LogP contribution in [0.1, 0.15) is 18.1 Å². The van der Waals surface area contributed by atoms with Gasteiger partial charge in [-0.05, 0) is 58.7 Å². The first kappa shape index (κ1) is 29.7. The summed E-state index contributed by atoms with van der Waals surface area (Å²) in [7, 11) is 4.36. The summed E-state index contributed by atoms with van der Waals surface area (Å²) in [5.41, 5.74) is 2.98. The van der Waals surface area contributed by atoms with E-state index in [1.54, 1.807) is 37.5 Å². The van der Waals surface area contributed by atoms with Crippen LogP contribution in [0.5, 0.6) is 5.75 Å². The van der Waals surface area contributed by atoms with Gasteiger partial charge in [0.25, 0.3) is 0 Å². The highest BCUT2D eigenvalue weighted by Gasteiger charge is 2.54. The Morgan fingerprint density at radius 3 is 2.45 bits per heavy atom. The number of aromatic nitrogens is 1. The van der Waals surface area contributed by atoms with Crippen LogP contribution >= 0.6 is 32.9 Å². The van der Waals surface area contributed by atoms with Crippen LogP contribution in [-0.4, -0.2) is 52.2 Å². The monoisotopic (exact) mass is 619 g/mol. The molecule has 3 aromatic carbocycles. The summed E-state index contributed by atoms with van der Waals surface area (Å²) in [5.74, 6) is -0.532. The van der Waals surface area contributed by atoms with E-state index in [1.165, 1.54) is 26.5 Å². The average Bonchev–Trinajstić information content (AvgIpc) is 3.42. The van der Waals surface area contributed by atoms with Gasteiger partial charge in [0.2, 0.25) is 11.8 Å². The number of ether oxygens (including phenoxy) is 2. The molecule has 1 aliphatic rings. The number of nitrogens with one attached hydrogen (secondary N) is 1. The Morgan fingerprint density at radius 2 is 1.76 bits per heavy atom. The molecule has 1 aliphatic heterocycles. The normalized spacial score (nSPS) is 16.9. The van der Waals surface area contributed by atoms with E-state index in [1.807, 2.05) is 66.7 Å². The van der Waals surface area contributed by atoms with Crippen molar-refractivity contribution in [1.29, 1.82) is 0 Å². The predicted molar refractivity (Wildman–Crippen MR) is 167 cm³/mol. The van der Waals surface area contributed by atoms with E-state index >= 15 is 0 Å². The van der Waals surface area contributed by atoms with E-state index < -0.39 is 23.4 Å². The van der Waals surface area contributed by atoms with Crippen LogP contribution in [-0.2, 0) is 32.1 Å². The number of rotatable bonds is 12. The molecule has 1 N–H and O–H groups in total. The van der Waals surface area contributed by atoms with Crippen molar-refractivity contribution in [2.24, 2.45) is 0 Å². The van der Waals surface area contributed by atoms with Gasteiger partial charge in [0, 0.05) is 0 Å². The second-order valence-electron chi connectivity index (χ2n) is 9.68. The Kier molecular flexibility index (Phi) is 9.51. The third kappa shape index (κ3) is 6.80. The second-order valence-corrected chi connectivity index (χ2v) is 13.3. The highest BCUT2D eigenvalue weighted by atomic mass is 33.1. The number of carbonyl (C=O) groups excluding carboxylic acids is 3. The lowest BCUT2D eigenvalue weighted by Crippen LogP contribution is -2.73. The van der Waals surface area contributed by atoms with Crippen LogP contribution in [0.15, 0.2) is 95.4 Å². The molecular formula is C31H29N3O5S3. The van der Waals surface area contributed by atoms with E-state index in [0.717, 1.165) is 25.7 Å². The maximum Gasteiger partial charge on any atom is 0.333 e. The minimum Gasteiger partial charge on any atom is -0.497 e. The van der Waals surface area contributed by atoms with E-state index in [-0.39, 0.29) is 24.8 Å². The third-order valence-corrected chi connectivity index (χ3v) is 10.6. The van der Waals surface area contributed by atoms with Gasteiger partial charge in [0.1, 0.15) is 23.8 Å². The van der Waals surface area contributed by atoms with Crippen molar-refractivity contribution in [2.75, 3.05) is 7.11 Å². The molecule has 1 saturated heterocycles. The summed E-state index contributed by atoms with van der Waals surface area (Å²) in [6.07, 6.45) is 0.140. The highest BCUT2D eigenvalue weighted by Crippen LogP contribution is 2.45. The number of nitrogens with zero attached hydrogens (tertiary/aromatic N) is 2. The quantitative estimate of drug-likeness (QED) is 0.0944. The topological polar surface area (TPSA) is 97.8 Å². The number of hydrogen-bond acceptors (Lipinski definition) is 9. The first-order valence-electron chi connectivity index (χ1n) is 13.1. The number of amides is 2. The van der Waals surface area contributed by atoms with Crippen molar-refractivity contribution in [2.45, 2.75) is 41.7 Å². The lowest BCUT2D eigenvalue weighted by atomic mass is 9.99. The van der Waals surface area contributed by atoms with E-state index in [4.69, 9.17) is 9.47 Å². The molecule has 8 nitrogen and oxygen atoms in total. The van der Waals surface area contributed by atoms with E-state index in [9.17, 15) is 14.4 Å². The molecule has 5 rings (SSSR count). The van der Waals surface area contributed by atoms with Gasteiger partial charge in [-0.3, -0.25) is 9.59 Å². The molecular weight excluding hydrogens is 591 g/mol. The highest BCUT2D eigenvalue weighted by molar-refractivity contribution is 8.77. The number of benzene rings is 3. The van der Waals surface area contributed by atoms with Crippen LogP contribution in [0.3, 0.4) is 0 Å². The van der Waals surface area contributed by atoms with E-state index in [2.05, 4.69) is 16.9 Å². The van der Waals surface area contributed by atoms with Crippen molar-refractivity contribution >= 4 is 60.9 Å². The molecule has 2 heterocycles. The van der Waals surface area contributed by atoms with Crippen LogP contribution in [0.2, 0.25) is 0 Å². The molecule has 42 heavy (non-hydrogen) atoms. The molecule has 0 bridgehead atoms.